The molecule has 1 aromatic heterocycles. The van der Waals surface area contributed by atoms with Gasteiger partial charge < -0.3 is 40.5 Å². The lowest BCUT2D eigenvalue weighted by molar-refractivity contribution is -0.144. The first kappa shape index (κ1) is 84.1. The number of nitrogens with one attached hydrogen (secondary N) is 3. The Morgan fingerprint density at radius 2 is 1.48 bits per heavy atom. The Morgan fingerprint density at radius 1 is 0.791 bits per heavy atom. The van der Waals surface area contributed by atoms with Crippen LogP contribution >= 0.6 is 34.7 Å². The van der Waals surface area contributed by atoms with E-state index in [2.05, 4.69) is 71.7 Å². The average Bonchev–Trinajstić information content (AvgIpc) is 0.906. The van der Waals surface area contributed by atoms with Gasteiger partial charge in [0.05, 0.1) is 51.2 Å². The number of aromatic nitrogens is 1. The fraction of sp³-hybridized carbons (Fsp3) is 0.529. The lowest BCUT2D eigenvalue weighted by Gasteiger charge is -2.44. The number of halogens is 1. The molecule has 1 aliphatic carbocycles. The first-order valence-electron chi connectivity index (χ1n) is 39.2. The number of ketones is 1. The number of morpholine rings is 1. The molecule has 0 spiro atoms. The smallest absolute Gasteiger partial charge is 0.246 e. The van der Waals surface area contributed by atoms with Gasteiger partial charge in [-0.1, -0.05) is 118 Å². The van der Waals surface area contributed by atoms with Crippen LogP contribution in [0, 0.1) is 23.7 Å². The molecular weight excluding hydrogens is 1490 g/mol. The minimum Gasteiger partial charge on any atom is -0.391 e. The molecule has 0 saturated carbocycles. The molecule has 4 saturated heterocycles. The SMILES string of the molecule is Cc1ncsc1-c1ccc([C@H](C)NC(=O)[C@@H]2C[C@@H](O)CN2C(=O)[C@@H](NC(=O)CCCCCCC(=O)N[C@H]2CCCN(CC3(C)CCC(c4ccc(Cl)cc4)=C(CN4CCN(c5ccc(C(=O)CS(=O)(=O)c6ccc(C[C@H](CCN7CCOCC7)CSc7ccccc7)c(S(C)(=O)=O)c6)cc5)CC4)C3)C2)C(C)(C)C)cc1. The van der Waals surface area contributed by atoms with Crippen LogP contribution in [-0.4, -0.2) is 210 Å². The zero-order chi connectivity index (χ0) is 78.3. The number of Topliss-reactive ketones (excluding diaryl/α,β-unsaturated/α-hetero) is 1. The van der Waals surface area contributed by atoms with Crippen molar-refractivity contribution in [1.82, 2.24) is 40.5 Å². The number of likely N-dealkylation sites (tertiary alicyclic amines) is 2. The topological polar surface area (TPSA) is 248 Å². The second-order valence-electron chi connectivity index (χ2n) is 32.5. The van der Waals surface area contributed by atoms with Crippen LogP contribution in [0.4, 0.5) is 5.69 Å². The summed E-state index contributed by atoms with van der Waals surface area (Å²) in [6.07, 6.45) is 9.85. The van der Waals surface area contributed by atoms with Crippen molar-refractivity contribution in [3.8, 4) is 10.4 Å². The Bertz CT molecular complexity index is 4390. The molecule has 4 aliphatic heterocycles. The molecule has 7 atom stereocenters. The van der Waals surface area contributed by atoms with E-state index in [1.807, 2.05) is 107 Å². The minimum atomic E-state index is -4.23. The van der Waals surface area contributed by atoms with Crippen molar-refractivity contribution in [2.75, 3.05) is 114 Å². The van der Waals surface area contributed by atoms with Crippen LogP contribution in [0.25, 0.3) is 16.0 Å². The van der Waals surface area contributed by atoms with Crippen molar-refractivity contribution in [1.29, 1.82) is 0 Å². The fourth-order valence-electron chi connectivity index (χ4n) is 16.3. The van der Waals surface area contributed by atoms with Gasteiger partial charge in [0.1, 0.15) is 17.8 Å². The highest BCUT2D eigenvalue weighted by Gasteiger charge is 2.45. The number of sulfone groups is 2. The maximum Gasteiger partial charge on any atom is 0.246 e. The molecule has 4 amide bonds. The highest BCUT2D eigenvalue weighted by atomic mass is 35.5. The molecule has 594 valence electrons. The molecule has 4 fully saturated rings. The van der Waals surface area contributed by atoms with Gasteiger partial charge in [-0.05, 0) is 190 Å². The van der Waals surface area contributed by atoms with Gasteiger partial charge in [-0.2, -0.15) is 0 Å². The summed E-state index contributed by atoms with van der Waals surface area (Å²) in [6.45, 7) is 22.5. The molecule has 5 aliphatic rings. The van der Waals surface area contributed by atoms with Gasteiger partial charge in [-0.15, -0.1) is 23.1 Å². The molecule has 110 heavy (non-hydrogen) atoms. The average molecular weight is 1600 g/mol. The number of piperidine rings is 1. The van der Waals surface area contributed by atoms with Crippen LogP contribution < -0.4 is 20.9 Å². The predicted octanol–water partition coefficient (Wildman–Crippen LogP) is 12.6. The van der Waals surface area contributed by atoms with Crippen LogP contribution in [0.1, 0.15) is 157 Å². The number of carbonyl (C=O) groups excluding carboxylic acids is 5. The number of ether oxygens (including phenoxy) is 1. The molecule has 0 bridgehead atoms. The van der Waals surface area contributed by atoms with Gasteiger partial charge in [-0.3, -0.25) is 33.8 Å². The third-order valence-electron chi connectivity index (χ3n) is 22.5. The number of aliphatic hydroxyl groups is 1. The van der Waals surface area contributed by atoms with Crippen molar-refractivity contribution in [2.24, 2.45) is 16.7 Å². The molecule has 0 radical (unpaired) electrons. The highest BCUT2D eigenvalue weighted by Crippen LogP contribution is 2.45. The van der Waals surface area contributed by atoms with Crippen molar-refractivity contribution < 1.29 is 50.7 Å². The van der Waals surface area contributed by atoms with E-state index in [0.29, 0.717) is 49.5 Å². The third-order valence-corrected chi connectivity index (χ3v) is 27.8. The number of piperazine rings is 1. The van der Waals surface area contributed by atoms with E-state index in [0.717, 1.165) is 168 Å². The van der Waals surface area contributed by atoms with Crippen LogP contribution in [0.2, 0.25) is 5.02 Å². The number of β-amino-alcohol motifs (C(OH)–C–C–N with tert-alkyl or cyclic N) is 1. The molecule has 4 N–H and O–H groups in total. The number of amides is 4. The number of benzene rings is 5. The molecule has 11 rings (SSSR count). The number of thioether (sulfide) groups is 1. The van der Waals surface area contributed by atoms with Crippen LogP contribution in [-0.2, 0) is 50.0 Å². The Morgan fingerprint density at radius 3 is 2.15 bits per heavy atom. The summed E-state index contributed by atoms with van der Waals surface area (Å²) < 4.78 is 60.5. The molecule has 25 heteroatoms. The lowest BCUT2D eigenvalue weighted by atomic mass is 9.71. The van der Waals surface area contributed by atoms with Gasteiger partial charge in [0, 0.05) is 124 Å². The predicted molar refractivity (Wildman–Crippen MR) is 439 cm³/mol. The molecule has 1 unspecified atom stereocenters. The Hall–Kier alpha value is -6.84. The summed E-state index contributed by atoms with van der Waals surface area (Å²) in [6, 6.07) is 35.6. The van der Waals surface area contributed by atoms with E-state index in [1.54, 1.807) is 41.3 Å². The third kappa shape index (κ3) is 23.4. The summed E-state index contributed by atoms with van der Waals surface area (Å²) in [5.74, 6) is -1.49. The molecular formula is C85H112ClN9O11S4. The summed E-state index contributed by atoms with van der Waals surface area (Å²) >= 11 is 9.73. The Kier molecular flexibility index (Phi) is 29.3. The second-order valence-corrected chi connectivity index (χ2v) is 38.8. The van der Waals surface area contributed by atoms with E-state index < -0.39 is 60.7 Å². The first-order valence-corrected chi connectivity index (χ1v) is 45.0. The number of unbranched alkanes of at least 4 members (excludes halogenated alkanes) is 3. The zero-order valence-electron chi connectivity index (χ0n) is 65.0. The number of hydrogen-bond donors (Lipinski definition) is 4. The molecule has 5 aromatic carbocycles. The number of thiazole rings is 1. The number of allylic oxidation sites excluding steroid dienone is 1. The van der Waals surface area contributed by atoms with E-state index in [1.165, 1.54) is 33.7 Å². The summed E-state index contributed by atoms with van der Waals surface area (Å²) in [5, 5.41) is 20.9. The number of aliphatic hydroxyl groups excluding tert-OH is 1. The normalized spacial score (nSPS) is 20.8. The van der Waals surface area contributed by atoms with Crippen molar-refractivity contribution in [2.45, 2.75) is 176 Å². The van der Waals surface area contributed by atoms with Gasteiger partial charge >= 0.3 is 0 Å². The summed E-state index contributed by atoms with van der Waals surface area (Å²) in [5.41, 5.74) is 9.83. The Balaban J connectivity index is 0.615. The van der Waals surface area contributed by atoms with Crippen molar-refractivity contribution >= 4 is 95.0 Å². The number of nitrogens with zero attached hydrogens (tertiary/aromatic N) is 6. The highest BCUT2D eigenvalue weighted by molar-refractivity contribution is 7.99. The van der Waals surface area contributed by atoms with E-state index in [4.69, 9.17) is 16.3 Å². The maximum absolute atomic E-state index is 14.3. The number of rotatable bonds is 33. The van der Waals surface area contributed by atoms with Crippen LogP contribution in [0.3, 0.4) is 0 Å². The molecule has 20 nitrogen and oxygen atoms in total. The van der Waals surface area contributed by atoms with Crippen molar-refractivity contribution in [3.05, 3.63) is 165 Å². The number of aryl methyl sites for hydroxylation is 1. The largest absolute Gasteiger partial charge is 0.391 e. The molecule has 6 aromatic rings. The van der Waals surface area contributed by atoms with E-state index >= 15 is 0 Å². The fourth-order valence-corrected chi connectivity index (χ4v) is 20.6. The number of carbonyl (C=O) groups is 5. The minimum absolute atomic E-state index is 0.00585. The van der Waals surface area contributed by atoms with Crippen molar-refractivity contribution in [3.63, 3.8) is 0 Å². The van der Waals surface area contributed by atoms with Crippen LogP contribution in [0.15, 0.2) is 147 Å². The van der Waals surface area contributed by atoms with E-state index in [-0.39, 0.29) is 75.9 Å². The number of anilines is 1. The van der Waals surface area contributed by atoms with Gasteiger partial charge in [0.25, 0.3) is 0 Å². The van der Waals surface area contributed by atoms with Gasteiger partial charge in [-0.25, -0.2) is 21.8 Å². The van der Waals surface area contributed by atoms with Gasteiger partial charge in [0.2, 0.25) is 23.6 Å². The van der Waals surface area contributed by atoms with Gasteiger partial charge in [0.15, 0.2) is 25.5 Å². The monoisotopic (exact) mass is 1600 g/mol. The lowest BCUT2D eigenvalue weighted by Crippen LogP contribution is -2.57. The first-order chi connectivity index (χ1) is 52.5. The maximum atomic E-state index is 14.3. The quantitative estimate of drug-likeness (QED) is 0.0170. The zero-order valence-corrected chi connectivity index (χ0v) is 69.0. The van der Waals surface area contributed by atoms with E-state index in [9.17, 15) is 45.9 Å². The Labute approximate surface area is 665 Å². The summed E-state index contributed by atoms with van der Waals surface area (Å²) in [7, 11) is -8.07. The molecule has 5 heterocycles. The summed E-state index contributed by atoms with van der Waals surface area (Å²) in [4.78, 5) is 86.5. The second kappa shape index (κ2) is 38.3. The van der Waals surface area contributed by atoms with Crippen LogP contribution in [0.5, 0.6) is 0 Å². The number of hydrogen-bond acceptors (Lipinski definition) is 18. The standard InChI is InChI=1S/C85H112ClN9O11S4/c1-59(62-21-23-65(24-22-62)80-60(2)87-58-108-80)88-82(100)75-49-71(96)54-95(75)83(101)81(84(3,4)5)90-79(99)20-14-9-8-13-19-78(98)89-69-16-15-38-93(53-69)57-85(6)37-35-74(63-25-30-68(86)31-26-63)67(51-85)52-92-40-42-94(43-41-92)70-32-27-64(28-33-70)76(97)56-110(104,105)73-34-29-66(77(50-73)109(7,102)103)48-61(36-39-91-44-46-106-47-45-91)55-107-72-17-11-10-12-18-72/h10-12,17-18,21-34,50,58-59,61,69,71,75,81,96H,8-9,13-16,19-20,35-49,51-57H2,1-7H3,(H,88,100)(H,89,98)(H,90,99)/t59-,61-,69-,71+,75-,81+,85?/m0/s1.